The normalized spacial score (nSPS) is 40.9. The molecule has 0 aromatic heterocycles. The topological polar surface area (TPSA) is 37.4 Å². The molecule has 5 aliphatic rings. The lowest BCUT2D eigenvalue weighted by Crippen LogP contribution is -2.40. The fourth-order valence-electron chi connectivity index (χ4n) is 5.17. The van der Waals surface area contributed by atoms with Crippen LogP contribution in [0.5, 0.6) is 0 Å². The predicted molar refractivity (Wildman–Crippen MR) is 83.1 cm³/mol. The highest BCUT2D eigenvalue weighted by atomic mass is 16.2. The summed E-state index contributed by atoms with van der Waals surface area (Å²) in [5.74, 6) is 1.77. The van der Waals surface area contributed by atoms with Gasteiger partial charge < -0.3 is 0 Å². The average Bonchev–Trinajstić information content (AvgIpc) is 3.28. The maximum Gasteiger partial charge on any atom is 0.238 e. The Bertz CT molecular complexity index is 714. The van der Waals surface area contributed by atoms with E-state index < -0.39 is 0 Å². The maximum atomic E-state index is 13.0. The van der Waals surface area contributed by atoms with Crippen molar-refractivity contribution >= 4 is 17.5 Å². The molecule has 1 aliphatic heterocycles. The van der Waals surface area contributed by atoms with Crippen molar-refractivity contribution in [3.63, 3.8) is 0 Å². The second-order valence-electron chi connectivity index (χ2n) is 7.39. The van der Waals surface area contributed by atoms with Crippen LogP contribution in [-0.2, 0) is 9.59 Å². The van der Waals surface area contributed by atoms with Crippen molar-refractivity contribution in [2.45, 2.75) is 20.3 Å². The molecule has 22 heavy (non-hydrogen) atoms. The Labute approximate surface area is 130 Å². The lowest BCUT2D eigenvalue weighted by Gasteiger charge is -2.37. The number of nitrogens with zero attached hydrogens (tertiary/aromatic N) is 1. The van der Waals surface area contributed by atoms with Crippen molar-refractivity contribution in [2.75, 3.05) is 4.90 Å². The van der Waals surface area contributed by atoms with Gasteiger partial charge in [-0.25, -0.2) is 4.90 Å². The quantitative estimate of drug-likeness (QED) is 0.590. The van der Waals surface area contributed by atoms with Gasteiger partial charge in [0, 0.05) is 0 Å². The largest absolute Gasteiger partial charge is 0.274 e. The van der Waals surface area contributed by atoms with Gasteiger partial charge >= 0.3 is 0 Å². The Morgan fingerprint density at radius 3 is 2.14 bits per heavy atom. The van der Waals surface area contributed by atoms with Crippen LogP contribution in [0.25, 0.3) is 0 Å². The van der Waals surface area contributed by atoms with Crippen LogP contribution in [0.3, 0.4) is 0 Å². The van der Waals surface area contributed by atoms with E-state index in [0.717, 1.165) is 16.8 Å². The molecule has 1 aromatic rings. The van der Waals surface area contributed by atoms with E-state index in [9.17, 15) is 9.59 Å². The summed E-state index contributed by atoms with van der Waals surface area (Å²) in [6, 6.07) is 5.87. The standard InChI is InChI=1S/C19H19NO2/c1-9-4-3-5-15(10(9)2)20-18(21)16-11-6-7-12(14-8-13(11)14)17(16)19(20)22/h3-7,11-14,16-17H,8H2,1-2H3/t11-,12-,13-,14+,16-,17+/m0/s1. The van der Waals surface area contributed by atoms with Crippen molar-refractivity contribution < 1.29 is 9.59 Å². The molecule has 0 spiro atoms. The van der Waals surface area contributed by atoms with Crippen molar-refractivity contribution in [1.82, 2.24) is 0 Å². The molecule has 112 valence electrons. The number of rotatable bonds is 1. The number of anilines is 1. The van der Waals surface area contributed by atoms with E-state index >= 15 is 0 Å². The Morgan fingerprint density at radius 1 is 0.955 bits per heavy atom. The minimum Gasteiger partial charge on any atom is -0.274 e. The van der Waals surface area contributed by atoms with Crippen LogP contribution in [0.4, 0.5) is 5.69 Å². The molecule has 3 nitrogen and oxygen atoms in total. The smallest absolute Gasteiger partial charge is 0.238 e. The average molecular weight is 293 g/mol. The molecule has 6 atom stereocenters. The molecule has 2 amide bonds. The minimum absolute atomic E-state index is 0.0356. The molecule has 3 fully saturated rings. The van der Waals surface area contributed by atoms with Crippen molar-refractivity contribution in [1.29, 1.82) is 0 Å². The van der Waals surface area contributed by atoms with Gasteiger partial charge in [0.2, 0.25) is 11.8 Å². The maximum absolute atomic E-state index is 13.0. The molecule has 3 heteroatoms. The van der Waals surface area contributed by atoms with Gasteiger partial charge in [-0.15, -0.1) is 0 Å². The third-order valence-corrected chi connectivity index (χ3v) is 6.48. The molecule has 0 radical (unpaired) electrons. The van der Waals surface area contributed by atoms with Crippen molar-refractivity contribution in [3.05, 3.63) is 41.5 Å². The van der Waals surface area contributed by atoms with Gasteiger partial charge in [-0.1, -0.05) is 24.3 Å². The molecule has 2 saturated carbocycles. The Morgan fingerprint density at radius 2 is 1.55 bits per heavy atom. The number of amides is 2. The van der Waals surface area contributed by atoms with E-state index in [4.69, 9.17) is 0 Å². The molecule has 2 bridgehead atoms. The van der Waals surface area contributed by atoms with Gasteiger partial charge in [-0.05, 0) is 61.1 Å². The van der Waals surface area contributed by atoms with E-state index in [-0.39, 0.29) is 23.7 Å². The SMILES string of the molecule is Cc1cccc(N2C(=O)[C@@H]3[C@H]4C=C[C@@H]([C@@H]5C[C@H]45)[C@@H]3C2=O)c1C. The molecule has 1 heterocycles. The highest BCUT2D eigenvalue weighted by molar-refractivity contribution is 6.23. The third-order valence-electron chi connectivity index (χ3n) is 6.48. The van der Waals surface area contributed by atoms with Crippen LogP contribution in [0.15, 0.2) is 30.4 Å². The Kier molecular flexibility index (Phi) is 2.23. The molecule has 0 N–H and O–H groups in total. The van der Waals surface area contributed by atoms with E-state index in [0.29, 0.717) is 23.7 Å². The predicted octanol–water partition coefficient (Wildman–Crippen LogP) is 2.86. The van der Waals surface area contributed by atoms with Crippen LogP contribution >= 0.6 is 0 Å². The summed E-state index contributed by atoms with van der Waals surface area (Å²) in [4.78, 5) is 27.6. The minimum atomic E-state index is -0.105. The second kappa shape index (κ2) is 3.89. The lowest BCUT2D eigenvalue weighted by atomic mass is 9.63. The number of carbonyl (C=O) groups is 2. The van der Waals surface area contributed by atoms with E-state index in [1.54, 1.807) is 0 Å². The van der Waals surface area contributed by atoms with Crippen LogP contribution in [0.2, 0.25) is 0 Å². The highest BCUT2D eigenvalue weighted by Gasteiger charge is 2.67. The van der Waals surface area contributed by atoms with Gasteiger partial charge in [-0.3, -0.25) is 9.59 Å². The van der Waals surface area contributed by atoms with Gasteiger partial charge in [-0.2, -0.15) is 0 Å². The Hall–Kier alpha value is -1.90. The zero-order valence-corrected chi connectivity index (χ0v) is 12.8. The van der Waals surface area contributed by atoms with Gasteiger partial charge in [0.25, 0.3) is 0 Å². The zero-order valence-electron chi connectivity index (χ0n) is 12.8. The van der Waals surface area contributed by atoms with Crippen LogP contribution in [-0.4, -0.2) is 11.8 Å². The summed E-state index contributed by atoms with van der Waals surface area (Å²) in [5, 5.41) is 0. The first-order valence-electron chi connectivity index (χ1n) is 8.22. The number of aryl methyl sites for hydroxylation is 1. The molecule has 4 aliphatic carbocycles. The molecule has 0 unspecified atom stereocenters. The first kappa shape index (κ1) is 12.6. The summed E-state index contributed by atoms with van der Waals surface area (Å²) in [6.45, 7) is 4.02. The van der Waals surface area contributed by atoms with Crippen LogP contribution in [0.1, 0.15) is 17.5 Å². The van der Waals surface area contributed by atoms with Crippen molar-refractivity contribution in [2.24, 2.45) is 35.5 Å². The lowest BCUT2D eigenvalue weighted by molar-refractivity contribution is -0.124. The summed E-state index contributed by atoms with van der Waals surface area (Å²) >= 11 is 0. The Balaban J connectivity index is 1.62. The van der Waals surface area contributed by atoms with E-state index in [2.05, 4.69) is 12.2 Å². The summed E-state index contributed by atoms with van der Waals surface area (Å²) in [5.41, 5.74) is 2.95. The number of carbonyl (C=O) groups excluding carboxylic acids is 2. The summed E-state index contributed by atoms with van der Waals surface area (Å²) in [6.07, 6.45) is 5.65. The van der Waals surface area contributed by atoms with Gasteiger partial charge in [0.1, 0.15) is 0 Å². The summed E-state index contributed by atoms with van der Waals surface area (Å²) in [7, 11) is 0. The fourth-order valence-corrected chi connectivity index (χ4v) is 5.17. The first-order valence-corrected chi connectivity index (χ1v) is 8.22. The van der Waals surface area contributed by atoms with Crippen LogP contribution < -0.4 is 4.90 Å². The van der Waals surface area contributed by atoms with E-state index in [1.165, 1.54) is 11.3 Å². The molecule has 6 rings (SSSR count). The first-order chi connectivity index (χ1) is 10.6. The van der Waals surface area contributed by atoms with E-state index in [1.807, 2.05) is 32.0 Å². The third kappa shape index (κ3) is 1.33. The molecular formula is C19H19NO2. The zero-order chi connectivity index (χ0) is 15.2. The number of benzene rings is 1. The number of hydrogen-bond donors (Lipinski definition) is 0. The number of hydrogen-bond acceptors (Lipinski definition) is 2. The second-order valence-corrected chi connectivity index (χ2v) is 7.39. The van der Waals surface area contributed by atoms with Gasteiger partial charge in [0.15, 0.2) is 0 Å². The summed E-state index contributed by atoms with van der Waals surface area (Å²) < 4.78 is 0. The fraction of sp³-hybridized carbons (Fsp3) is 0.474. The molecule has 1 saturated heterocycles. The number of imide groups is 1. The van der Waals surface area contributed by atoms with Gasteiger partial charge in [0.05, 0.1) is 17.5 Å². The van der Waals surface area contributed by atoms with Crippen molar-refractivity contribution in [3.8, 4) is 0 Å². The highest BCUT2D eigenvalue weighted by Crippen LogP contribution is 2.65. The number of allylic oxidation sites excluding steroid dienone is 2. The molecular weight excluding hydrogens is 274 g/mol. The molecule has 1 aromatic carbocycles. The van der Waals surface area contributed by atoms with Crippen LogP contribution in [0, 0.1) is 49.4 Å². The monoisotopic (exact) mass is 293 g/mol.